The topological polar surface area (TPSA) is 38.7 Å². The number of phenolic OH excluding ortho intramolecular Hbond substituents is 1. The molecular weight excluding hydrogens is 180 g/mol. The first-order valence-corrected chi connectivity index (χ1v) is 4.48. The van der Waals surface area contributed by atoms with Gasteiger partial charge >= 0.3 is 0 Å². The maximum Gasteiger partial charge on any atom is 0.161 e. The van der Waals surface area contributed by atoms with Gasteiger partial charge in [-0.2, -0.15) is 0 Å². The first kappa shape index (κ1) is 10.7. The van der Waals surface area contributed by atoms with E-state index in [1.165, 1.54) is 6.07 Å². The first-order chi connectivity index (χ1) is 6.42. The summed E-state index contributed by atoms with van der Waals surface area (Å²) in [6.45, 7) is 5.78. The molecule has 0 aliphatic heterocycles. The normalized spacial score (nSPS) is 11.1. The summed E-state index contributed by atoms with van der Waals surface area (Å²) >= 11 is 0. The molecule has 0 fully saturated rings. The van der Waals surface area contributed by atoms with Gasteiger partial charge in [0.2, 0.25) is 0 Å². The molecule has 0 saturated heterocycles. The molecule has 0 radical (unpaired) electrons. The van der Waals surface area contributed by atoms with Crippen LogP contribution in [-0.2, 0) is 0 Å². The fourth-order valence-electron chi connectivity index (χ4n) is 1.04. The van der Waals surface area contributed by atoms with Gasteiger partial charge in [0.1, 0.15) is 11.4 Å². The Bertz CT molecular complexity index is 313. The molecule has 0 heterocycles. The fourth-order valence-corrected chi connectivity index (χ4v) is 1.04. The zero-order valence-electron chi connectivity index (χ0n) is 9.00. The smallest absolute Gasteiger partial charge is 0.161 e. The summed E-state index contributed by atoms with van der Waals surface area (Å²) in [4.78, 5) is 0. The zero-order chi connectivity index (χ0) is 10.8. The van der Waals surface area contributed by atoms with E-state index in [9.17, 15) is 5.11 Å². The number of hydrogen-bond acceptors (Lipinski definition) is 3. The van der Waals surface area contributed by atoms with E-state index < -0.39 is 0 Å². The highest BCUT2D eigenvalue weighted by Gasteiger charge is 2.14. The van der Waals surface area contributed by atoms with E-state index in [2.05, 4.69) is 0 Å². The molecule has 3 heteroatoms. The van der Waals surface area contributed by atoms with Crippen LogP contribution < -0.4 is 9.47 Å². The Labute approximate surface area is 84.3 Å². The summed E-state index contributed by atoms with van der Waals surface area (Å²) in [5.74, 6) is 1.18. The molecule has 0 saturated carbocycles. The minimum Gasteiger partial charge on any atom is -0.504 e. The van der Waals surface area contributed by atoms with Crippen LogP contribution in [0.5, 0.6) is 17.2 Å². The van der Waals surface area contributed by atoms with E-state index >= 15 is 0 Å². The molecule has 0 bridgehead atoms. The van der Waals surface area contributed by atoms with Crippen molar-refractivity contribution in [1.29, 1.82) is 0 Å². The summed E-state index contributed by atoms with van der Waals surface area (Å²) in [6, 6.07) is 4.97. The van der Waals surface area contributed by atoms with Crippen molar-refractivity contribution in [2.45, 2.75) is 26.4 Å². The largest absolute Gasteiger partial charge is 0.504 e. The lowest BCUT2D eigenvalue weighted by atomic mass is 10.2. The van der Waals surface area contributed by atoms with E-state index in [0.717, 1.165) is 0 Å². The van der Waals surface area contributed by atoms with Crippen LogP contribution in [0, 0.1) is 0 Å². The molecule has 1 N–H and O–H groups in total. The van der Waals surface area contributed by atoms with Crippen molar-refractivity contribution in [3.8, 4) is 17.2 Å². The summed E-state index contributed by atoms with van der Waals surface area (Å²) in [7, 11) is 1.55. The van der Waals surface area contributed by atoms with E-state index in [-0.39, 0.29) is 11.4 Å². The molecule has 14 heavy (non-hydrogen) atoms. The van der Waals surface area contributed by atoms with Crippen molar-refractivity contribution in [2.75, 3.05) is 7.11 Å². The van der Waals surface area contributed by atoms with Crippen LogP contribution in [0.4, 0.5) is 0 Å². The van der Waals surface area contributed by atoms with Crippen LogP contribution in [0.1, 0.15) is 20.8 Å². The molecule has 0 atom stereocenters. The van der Waals surface area contributed by atoms with Gasteiger partial charge in [0.15, 0.2) is 11.5 Å². The third-order valence-electron chi connectivity index (χ3n) is 1.58. The average Bonchev–Trinajstić information content (AvgIpc) is 2.06. The number of hydrogen-bond donors (Lipinski definition) is 1. The molecular formula is C11H16O3. The molecule has 0 amide bonds. The van der Waals surface area contributed by atoms with Crippen molar-refractivity contribution in [2.24, 2.45) is 0 Å². The van der Waals surface area contributed by atoms with Crippen molar-refractivity contribution < 1.29 is 14.6 Å². The van der Waals surface area contributed by atoms with Crippen LogP contribution >= 0.6 is 0 Å². The Morgan fingerprint density at radius 1 is 1.21 bits per heavy atom. The molecule has 1 aromatic carbocycles. The number of benzene rings is 1. The summed E-state index contributed by atoms with van der Waals surface area (Å²) in [6.07, 6.45) is 0. The Hall–Kier alpha value is -1.38. The third-order valence-corrected chi connectivity index (χ3v) is 1.58. The van der Waals surface area contributed by atoms with Crippen molar-refractivity contribution in [3.05, 3.63) is 18.2 Å². The van der Waals surface area contributed by atoms with Crippen LogP contribution in [0.25, 0.3) is 0 Å². The molecule has 0 spiro atoms. The van der Waals surface area contributed by atoms with Crippen molar-refractivity contribution >= 4 is 0 Å². The van der Waals surface area contributed by atoms with Gasteiger partial charge < -0.3 is 14.6 Å². The zero-order valence-corrected chi connectivity index (χ0v) is 9.00. The number of methoxy groups -OCH3 is 1. The maximum absolute atomic E-state index is 9.58. The van der Waals surface area contributed by atoms with Crippen molar-refractivity contribution in [1.82, 2.24) is 0 Å². The SMILES string of the molecule is COc1ccc(OC(C)(C)C)c(O)c1. The molecule has 1 aromatic rings. The van der Waals surface area contributed by atoms with Gasteiger partial charge in [-0.15, -0.1) is 0 Å². The molecule has 0 aliphatic rings. The van der Waals surface area contributed by atoms with Crippen LogP contribution in [-0.4, -0.2) is 17.8 Å². The quantitative estimate of drug-likeness (QED) is 0.790. The standard InChI is InChI=1S/C11H16O3/c1-11(2,3)14-10-6-5-8(13-4)7-9(10)12/h5-7,12H,1-4H3. The van der Waals surface area contributed by atoms with Gasteiger partial charge in [0.25, 0.3) is 0 Å². The minimum atomic E-state index is -0.313. The second-order valence-electron chi connectivity index (χ2n) is 4.05. The molecule has 1 rings (SSSR count). The molecule has 0 aromatic heterocycles. The second-order valence-corrected chi connectivity index (χ2v) is 4.05. The molecule has 0 aliphatic carbocycles. The molecule has 0 unspecified atom stereocenters. The lowest BCUT2D eigenvalue weighted by molar-refractivity contribution is 0.125. The number of ether oxygens (including phenoxy) is 2. The highest BCUT2D eigenvalue weighted by Crippen LogP contribution is 2.32. The van der Waals surface area contributed by atoms with Crippen LogP contribution in [0.3, 0.4) is 0 Å². The first-order valence-electron chi connectivity index (χ1n) is 4.48. The Kier molecular flexibility index (Phi) is 2.89. The monoisotopic (exact) mass is 196 g/mol. The highest BCUT2D eigenvalue weighted by atomic mass is 16.5. The fraction of sp³-hybridized carbons (Fsp3) is 0.455. The third kappa shape index (κ3) is 2.83. The predicted octanol–water partition coefficient (Wildman–Crippen LogP) is 2.58. The number of aromatic hydroxyl groups is 1. The maximum atomic E-state index is 9.58. The second kappa shape index (κ2) is 3.78. The van der Waals surface area contributed by atoms with Gasteiger partial charge in [0.05, 0.1) is 7.11 Å². The van der Waals surface area contributed by atoms with Crippen LogP contribution in [0.2, 0.25) is 0 Å². The van der Waals surface area contributed by atoms with E-state index in [1.807, 2.05) is 20.8 Å². The Balaban J connectivity index is 2.89. The molecule has 3 nitrogen and oxygen atoms in total. The Morgan fingerprint density at radius 2 is 1.86 bits per heavy atom. The number of rotatable bonds is 2. The average molecular weight is 196 g/mol. The van der Waals surface area contributed by atoms with E-state index in [4.69, 9.17) is 9.47 Å². The predicted molar refractivity (Wildman–Crippen MR) is 55.0 cm³/mol. The van der Waals surface area contributed by atoms with Gasteiger partial charge in [0, 0.05) is 6.07 Å². The van der Waals surface area contributed by atoms with E-state index in [1.54, 1.807) is 19.2 Å². The van der Waals surface area contributed by atoms with Crippen LogP contribution in [0.15, 0.2) is 18.2 Å². The van der Waals surface area contributed by atoms with Gasteiger partial charge in [-0.05, 0) is 32.9 Å². The van der Waals surface area contributed by atoms with E-state index in [0.29, 0.717) is 11.5 Å². The van der Waals surface area contributed by atoms with Crippen molar-refractivity contribution in [3.63, 3.8) is 0 Å². The highest BCUT2D eigenvalue weighted by molar-refractivity contribution is 5.44. The lowest BCUT2D eigenvalue weighted by Crippen LogP contribution is -2.22. The summed E-state index contributed by atoms with van der Waals surface area (Å²) in [5.41, 5.74) is -0.313. The summed E-state index contributed by atoms with van der Waals surface area (Å²) in [5, 5.41) is 9.58. The van der Waals surface area contributed by atoms with Gasteiger partial charge in [-0.1, -0.05) is 0 Å². The minimum absolute atomic E-state index is 0.0966. The van der Waals surface area contributed by atoms with Gasteiger partial charge in [-0.25, -0.2) is 0 Å². The van der Waals surface area contributed by atoms with Gasteiger partial charge in [-0.3, -0.25) is 0 Å². The Morgan fingerprint density at radius 3 is 2.29 bits per heavy atom. The summed E-state index contributed by atoms with van der Waals surface area (Å²) < 4.78 is 10.5. The lowest BCUT2D eigenvalue weighted by Gasteiger charge is -2.21. The number of phenols is 1. The molecule has 78 valence electrons.